The van der Waals surface area contributed by atoms with Gasteiger partial charge in [0.1, 0.15) is 5.75 Å². The predicted molar refractivity (Wildman–Crippen MR) is 149 cm³/mol. The van der Waals surface area contributed by atoms with E-state index in [1.54, 1.807) is 11.1 Å². The van der Waals surface area contributed by atoms with Crippen LogP contribution in [0.3, 0.4) is 0 Å². The molecule has 2 aliphatic rings. The number of benzene rings is 1. The van der Waals surface area contributed by atoms with Gasteiger partial charge in [0.15, 0.2) is 0 Å². The molecule has 0 radical (unpaired) electrons. The molecular weight excluding hydrogens is 610 g/mol. The Kier molecular flexibility index (Phi) is 8.92. The maximum absolute atomic E-state index is 14.6. The molecule has 0 saturated carbocycles. The maximum Gasteiger partial charge on any atom is 0.417 e. The molecule has 2 amide bonds. The van der Waals surface area contributed by atoms with Crippen molar-refractivity contribution in [2.45, 2.75) is 68.9 Å². The fraction of sp³-hybridized carbons (Fsp3) is 0.467. The van der Waals surface area contributed by atoms with Gasteiger partial charge in [-0.2, -0.15) is 26.3 Å². The van der Waals surface area contributed by atoms with Crippen molar-refractivity contribution in [1.29, 1.82) is 0 Å². The van der Waals surface area contributed by atoms with Gasteiger partial charge < -0.3 is 14.5 Å². The second-order valence-corrected chi connectivity index (χ2v) is 11.9. The number of carbonyl (C=O) groups excluding carboxylic acids is 2. The molecule has 2 fully saturated rings. The molecule has 7 nitrogen and oxygen atoms in total. The number of amides is 2. The Morgan fingerprint density at radius 1 is 1.05 bits per heavy atom. The Morgan fingerprint density at radius 2 is 1.80 bits per heavy atom. The summed E-state index contributed by atoms with van der Waals surface area (Å²) in [6.07, 6.45) is -4.34. The zero-order chi connectivity index (χ0) is 31.7. The molecule has 1 aromatic carbocycles. The van der Waals surface area contributed by atoms with Crippen molar-refractivity contribution in [2.24, 2.45) is 0 Å². The molecule has 0 bridgehead atoms. The first kappa shape index (κ1) is 31.7. The first-order valence-corrected chi connectivity index (χ1v) is 15.1. The van der Waals surface area contributed by atoms with Crippen molar-refractivity contribution in [3.63, 3.8) is 0 Å². The van der Waals surface area contributed by atoms with Crippen LogP contribution >= 0.6 is 11.3 Å². The van der Waals surface area contributed by atoms with E-state index in [2.05, 4.69) is 9.97 Å². The fourth-order valence-corrected chi connectivity index (χ4v) is 6.91. The third-order valence-electron chi connectivity index (χ3n) is 8.16. The zero-order valence-corrected chi connectivity index (χ0v) is 24.5. The second-order valence-electron chi connectivity index (χ2n) is 10.9. The summed E-state index contributed by atoms with van der Waals surface area (Å²) in [4.78, 5) is 39.4. The van der Waals surface area contributed by atoms with Gasteiger partial charge in [0.2, 0.25) is 5.60 Å². The number of thiazole rings is 1. The van der Waals surface area contributed by atoms with Crippen LogP contribution in [0.1, 0.15) is 71.4 Å². The third-order valence-corrected chi connectivity index (χ3v) is 9.10. The average molecular weight is 641 g/mol. The normalized spacial score (nSPS) is 22.7. The highest BCUT2D eigenvalue weighted by Crippen LogP contribution is 2.41. The van der Waals surface area contributed by atoms with Crippen LogP contribution < -0.4 is 4.74 Å². The van der Waals surface area contributed by atoms with Crippen LogP contribution in [-0.4, -0.2) is 62.9 Å². The molecule has 0 N–H and O–H groups in total. The molecule has 3 aromatic rings. The van der Waals surface area contributed by atoms with Crippen molar-refractivity contribution in [1.82, 2.24) is 19.8 Å². The number of alkyl halides is 6. The first-order valence-electron chi connectivity index (χ1n) is 14.2. The number of hydrogen-bond donors (Lipinski definition) is 0. The molecule has 1 unspecified atom stereocenters. The number of nitrogens with zero attached hydrogens (tertiary/aromatic N) is 4. The number of pyridine rings is 1. The van der Waals surface area contributed by atoms with Crippen LogP contribution in [0.2, 0.25) is 0 Å². The van der Waals surface area contributed by atoms with E-state index < -0.39 is 52.5 Å². The number of piperidine rings is 1. The van der Waals surface area contributed by atoms with E-state index in [1.807, 2.05) is 12.3 Å². The fourth-order valence-electron chi connectivity index (χ4n) is 6.14. The predicted octanol–water partition coefficient (Wildman–Crippen LogP) is 6.81. The smallest absolute Gasteiger partial charge is 0.417 e. The molecule has 2 aliphatic heterocycles. The molecule has 14 heteroatoms. The largest absolute Gasteiger partial charge is 0.475 e. The van der Waals surface area contributed by atoms with Crippen molar-refractivity contribution in [2.75, 3.05) is 19.6 Å². The second kappa shape index (κ2) is 12.4. The highest BCUT2D eigenvalue weighted by Gasteiger charge is 2.56. The molecule has 5 rings (SSSR count). The van der Waals surface area contributed by atoms with Gasteiger partial charge in [-0.3, -0.25) is 14.6 Å². The Hall–Kier alpha value is -3.68. The standard InChI is InChI=1S/C30H30F6N4O3S/c1-2-4-24-28(43-21-7-5-20(6-8-21)29(31,32)33,27(42)39-15-10-19(18-39)25-38-13-16-44-25)11-3-14-40(24)26(41)22-17-37-12-9-23(22)30(34,35)36/h5-9,12-13,16-17,19,24H,2-4,10-11,14-15,18H2,1H3/t19?,24-,28+/m1/s1. The monoisotopic (exact) mass is 640 g/mol. The molecule has 2 aromatic heterocycles. The van der Waals surface area contributed by atoms with Crippen molar-refractivity contribution in [3.8, 4) is 5.75 Å². The molecule has 4 heterocycles. The van der Waals surface area contributed by atoms with Crippen LogP contribution in [0.25, 0.3) is 0 Å². The zero-order valence-electron chi connectivity index (χ0n) is 23.7. The summed E-state index contributed by atoms with van der Waals surface area (Å²) >= 11 is 1.47. The lowest BCUT2D eigenvalue weighted by Gasteiger charge is -2.49. The van der Waals surface area contributed by atoms with Gasteiger partial charge in [0.25, 0.3) is 11.8 Å². The van der Waals surface area contributed by atoms with E-state index in [0.717, 1.165) is 47.7 Å². The Morgan fingerprint density at radius 3 is 2.43 bits per heavy atom. The Balaban J connectivity index is 1.55. The Labute approximate surface area is 253 Å². The van der Waals surface area contributed by atoms with Gasteiger partial charge in [0.05, 0.1) is 27.7 Å². The number of likely N-dealkylation sites (tertiary alicyclic amines) is 2. The first-order chi connectivity index (χ1) is 20.8. The van der Waals surface area contributed by atoms with E-state index in [4.69, 9.17) is 4.74 Å². The molecular formula is C30H30F6N4O3S. The average Bonchev–Trinajstić information content (AvgIpc) is 3.70. The lowest BCUT2D eigenvalue weighted by molar-refractivity contribution is -0.158. The molecule has 0 spiro atoms. The van der Waals surface area contributed by atoms with Crippen LogP contribution in [0.5, 0.6) is 5.75 Å². The highest BCUT2D eigenvalue weighted by molar-refractivity contribution is 7.09. The van der Waals surface area contributed by atoms with E-state index in [1.165, 1.54) is 16.2 Å². The number of ether oxygens (including phenoxy) is 1. The Bertz CT molecular complexity index is 1460. The summed E-state index contributed by atoms with van der Waals surface area (Å²) in [6.45, 7) is 2.54. The minimum Gasteiger partial charge on any atom is -0.475 e. The van der Waals surface area contributed by atoms with Gasteiger partial charge in [-0.25, -0.2) is 4.98 Å². The number of halogens is 6. The summed E-state index contributed by atoms with van der Waals surface area (Å²) in [6, 6.07) is 3.64. The third kappa shape index (κ3) is 6.26. The minimum atomic E-state index is -4.83. The van der Waals surface area contributed by atoms with E-state index in [0.29, 0.717) is 25.9 Å². The van der Waals surface area contributed by atoms with Crippen molar-refractivity contribution >= 4 is 23.2 Å². The van der Waals surface area contributed by atoms with E-state index in [-0.39, 0.29) is 37.5 Å². The summed E-state index contributed by atoms with van der Waals surface area (Å²) in [5.41, 5.74) is -4.46. The number of rotatable bonds is 7. The molecule has 2 saturated heterocycles. The minimum absolute atomic E-state index is 0.0187. The molecule has 236 valence electrons. The van der Waals surface area contributed by atoms with Crippen LogP contribution in [0, 0.1) is 0 Å². The highest BCUT2D eigenvalue weighted by atomic mass is 32.1. The summed E-state index contributed by atoms with van der Waals surface area (Å²) < 4.78 is 87.9. The lowest BCUT2D eigenvalue weighted by Crippen LogP contribution is -2.67. The van der Waals surface area contributed by atoms with Crippen LogP contribution in [0.4, 0.5) is 26.3 Å². The number of hydrogen-bond acceptors (Lipinski definition) is 6. The van der Waals surface area contributed by atoms with Gasteiger partial charge in [0, 0.05) is 55.9 Å². The van der Waals surface area contributed by atoms with Gasteiger partial charge in [-0.05, 0) is 49.6 Å². The summed E-state index contributed by atoms with van der Waals surface area (Å²) in [5.74, 6) is -1.46. The van der Waals surface area contributed by atoms with E-state index in [9.17, 15) is 35.9 Å². The number of carbonyl (C=O) groups is 2. The number of aromatic nitrogens is 2. The molecule has 44 heavy (non-hydrogen) atoms. The SMILES string of the molecule is CCC[C@H]1N(C(=O)c2cnccc2C(F)(F)F)CCC[C@@]1(Oc1ccc(C(F)(F)F)cc1)C(=O)N1CCC(c2nccs2)C1. The van der Waals surface area contributed by atoms with Gasteiger partial charge >= 0.3 is 12.4 Å². The van der Waals surface area contributed by atoms with Crippen LogP contribution in [-0.2, 0) is 17.1 Å². The quantitative estimate of drug-likeness (QED) is 0.265. The summed E-state index contributed by atoms with van der Waals surface area (Å²) in [5, 5.41) is 2.70. The van der Waals surface area contributed by atoms with Crippen LogP contribution in [0.15, 0.2) is 54.3 Å². The van der Waals surface area contributed by atoms with Gasteiger partial charge in [-0.15, -0.1) is 11.3 Å². The van der Waals surface area contributed by atoms with Crippen molar-refractivity contribution in [3.05, 3.63) is 76.0 Å². The summed E-state index contributed by atoms with van der Waals surface area (Å²) in [7, 11) is 0. The van der Waals surface area contributed by atoms with Gasteiger partial charge in [-0.1, -0.05) is 13.3 Å². The maximum atomic E-state index is 14.6. The van der Waals surface area contributed by atoms with Crippen molar-refractivity contribution < 1.29 is 40.7 Å². The lowest BCUT2D eigenvalue weighted by atomic mass is 9.79. The molecule has 0 aliphatic carbocycles. The topological polar surface area (TPSA) is 75.6 Å². The van der Waals surface area contributed by atoms with E-state index >= 15 is 0 Å². The molecule has 3 atom stereocenters.